The number of carbonyl (C=O) groups is 2. The summed E-state index contributed by atoms with van der Waals surface area (Å²) >= 11 is 1.10. The van der Waals surface area contributed by atoms with Crippen LogP contribution in [0.25, 0.3) is 0 Å². The quantitative estimate of drug-likeness (QED) is 0.903. The van der Waals surface area contributed by atoms with Crippen LogP contribution in [0.5, 0.6) is 0 Å². The molecule has 1 amide bonds. The Labute approximate surface area is 128 Å². The van der Waals surface area contributed by atoms with E-state index in [4.69, 9.17) is 5.11 Å². The first-order chi connectivity index (χ1) is 10.1. The molecule has 5 heteroatoms. The highest BCUT2D eigenvalue weighted by atomic mass is 32.1. The van der Waals surface area contributed by atoms with Gasteiger partial charge in [0.1, 0.15) is 4.88 Å². The molecule has 114 valence electrons. The topological polar surface area (TPSA) is 57.6 Å². The molecule has 0 aromatic carbocycles. The van der Waals surface area contributed by atoms with Crippen molar-refractivity contribution in [3.63, 3.8) is 0 Å². The van der Waals surface area contributed by atoms with Crippen LogP contribution in [-0.4, -0.2) is 34.5 Å². The molecule has 0 bridgehead atoms. The van der Waals surface area contributed by atoms with E-state index in [0.29, 0.717) is 16.8 Å². The third-order valence-electron chi connectivity index (χ3n) is 4.46. The van der Waals surface area contributed by atoms with Gasteiger partial charge in [0.2, 0.25) is 0 Å². The monoisotopic (exact) mass is 307 g/mol. The van der Waals surface area contributed by atoms with Crippen molar-refractivity contribution >= 4 is 23.2 Å². The fraction of sp³-hybridized carbons (Fsp3) is 0.625. The Bertz CT molecular complexity index is 529. The number of aromatic carboxylic acids is 1. The van der Waals surface area contributed by atoms with E-state index >= 15 is 0 Å². The Balaban J connectivity index is 1.76. The van der Waals surface area contributed by atoms with Gasteiger partial charge in [0.15, 0.2) is 0 Å². The maximum atomic E-state index is 12.8. The average molecular weight is 307 g/mol. The number of hydrogen-bond donors (Lipinski definition) is 1. The summed E-state index contributed by atoms with van der Waals surface area (Å²) in [4.78, 5) is 26.6. The Morgan fingerprint density at radius 3 is 2.33 bits per heavy atom. The summed E-state index contributed by atoms with van der Waals surface area (Å²) in [5.74, 6) is -0.258. The standard InChI is InChI=1S/C16H21NO3S/c18-15(13-8-9-14(21-13)16(19)20)17(10-11-6-7-11)12-4-2-1-3-5-12/h8-9,11-12H,1-7,10H2,(H,19,20). The van der Waals surface area contributed by atoms with E-state index in [0.717, 1.165) is 30.7 Å². The molecule has 0 spiro atoms. The van der Waals surface area contributed by atoms with Crippen LogP contribution in [0.2, 0.25) is 0 Å². The van der Waals surface area contributed by atoms with E-state index in [2.05, 4.69) is 0 Å². The predicted molar refractivity (Wildman–Crippen MR) is 81.9 cm³/mol. The van der Waals surface area contributed by atoms with E-state index in [1.54, 1.807) is 6.07 Å². The lowest BCUT2D eigenvalue weighted by Crippen LogP contribution is -2.42. The van der Waals surface area contributed by atoms with E-state index < -0.39 is 5.97 Å². The van der Waals surface area contributed by atoms with E-state index in [9.17, 15) is 9.59 Å². The number of carboxylic acid groups (broad SMARTS) is 1. The van der Waals surface area contributed by atoms with Crippen LogP contribution < -0.4 is 0 Å². The maximum absolute atomic E-state index is 12.8. The summed E-state index contributed by atoms with van der Waals surface area (Å²) in [5.41, 5.74) is 0. The van der Waals surface area contributed by atoms with Crippen molar-refractivity contribution in [3.05, 3.63) is 21.9 Å². The van der Waals surface area contributed by atoms with Crippen molar-refractivity contribution in [2.75, 3.05) is 6.54 Å². The lowest BCUT2D eigenvalue weighted by Gasteiger charge is -2.34. The van der Waals surface area contributed by atoms with Crippen molar-refractivity contribution in [3.8, 4) is 0 Å². The van der Waals surface area contributed by atoms with Gasteiger partial charge in [-0.2, -0.15) is 0 Å². The van der Waals surface area contributed by atoms with Crippen LogP contribution in [0.1, 0.15) is 64.3 Å². The third-order valence-corrected chi connectivity index (χ3v) is 5.52. The van der Waals surface area contributed by atoms with Gasteiger partial charge < -0.3 is 10.0 Å². The van der Waals surface area contributed by atoms with Crippen molar-refractivity contribution in [1.29, 1.82) is 0 Å². The molecule has 0 radical (unpaired) electrons. The van der Waals surface area contributed by atoms with Gasteiger partial charge in [-0.1, -0.05) is 19.3 Å². The highest BCUT2D eigenvalue weighted by Crippen LogP contribution is 2.34. The Morgan fingerprint density at radius 2 is 1.76 bits per heavy atom. The number of thiophene rings is 1. The third kappa shape index (κ3) is 3.46. The van der Waals surface area contributed by atoms with E-state index in [-0.39, 0.29) is 10.8 Å². The number of nitrogens with zero attached hydrogens (tertiary/aromatic N) is 1. The molecule has 0 aliphatic heterocycles. The average Bonchev–Trinajstić information content (AvgIpc) is 3.17. The molecule has 2 fully saturated rings. The number of carboxylic acids is 1. The molecule has 21 heavy (non-hydrogen) atoms. The first kappa shape index (κ1) is 14.6. The van der Waals surface area contributed by atoms with Crippen LogP contribution in [0.4, 0.5) is 0 Å². The maximum Gasteiger partial charge on any atom is 0.345 e. The summed E-state index contributed by atoms with van der Waals surface area (Å²) in [6.07, 6.45) is 8.30. The summed E-state index contributed by atoms with van der Waals surface area (Å²) < 4.78 is 0. The van der Waals surface area contributed by atoms with Crippen molar-refractivity contribution < 1.29 is 14.7 Å². The second-order valence-electron chi connectivity index (χ2n) is 6.16. The smallest absolute Gasteiger partial charge is 0.345 e. The van der Waals surface area contributed by atoms with Gasteiger partial charge in [0.25, 0.3) is 5.91 Å². The van der Waals surface area contributed by atoms with Crippen LogP contribution in [-0.2, 0) is 0 Å². The van der Waals surface area contributed by atoms with Crippen LogP contribution in [0, 0.1) is 5.92 Å². The molecule has 1 aromatic heterocycles. The number of carbonyl (C=O) groups excluding carboxylic acids is 1. The lowest BCUT2D eigenvalue weighted by molar-refractivity contribution is 0.0626. The molecule has 1 aromatic rings. The second kappa shape index (κ2) is 6.18. The summed E-state index contributed by atoms with van der Waals surface area (Å²) in [7, 11) is 0. The molecule has 3 rings (SSSR count). The highest BCUT2D eigenvalue weighted by Gasteiger charge is 2.32. The van der Waals surface area contributed by atoms with Crippen LogP contribution >= 0.6 is 11.3 Å². The van der Waals surface area contributed by atoms with Crippen LogP contribution in [0.3, 0.4) is 0 Å². The zero-order chi connectivity index (χ0) is 14.8. The summed E-state index contributed by atoms with van der Waals surface area (Å²) in [5, 5.41) is 9.01. The zero-order valence-electron chi connectivity index (χ0n) is 12.1. The molecule has 0 unspecified atom stereocenters. The Hall–Kier alpha value is -1.36. The SMILES string of the molecule is O=C(O)c1ccc(C(=O)N(CC2CC2)C2CCCCC2)s1. The van der Waals surface area contributed by atoms with Gasteiger partial charge in [-0.05, 0) is 43.7 Å². The van der Waals surface area contributed by atoms with Crippen LogP contribution in [0.15, 0.2) is 12.1 Å². The molecular weight excluding hydrogens is 286 g/mol. The Kier molecular flexibility index (Phi) is 4.29. The number of amides is 1. The largest absolute Gasteiger partial charge is 0.477 e. The molecule has 1 N–H and O–H groups in total. The van der Waals surface area contributed by atoms with Crippen molar-refractivity contribution in [1.82, 2.24) is 4.90 Å². The molecular formula is C16H21NO3S. The Morgan fingerprint density at radius 1 is 1.10 bits per heavy atom. The number of hydrogen-bond acceptors (Lipinski definition) is 3. The molecule has 2 aliphatic carbocycles. The van der Waals surface area contributed by atoms with Gasteiger partial charge in [-0.3, -0.25) is 4.79 Å². The van der Waals surface area contributed by atoms with E-state index in [1.165, 1.54) is 38.2 Å². The van der Waals surface area contributed by atoms with E-state index in [1.807, 2.05) is 4.90 Å². The normalized spacial score (nSPS) is 19.4. The highest BCUT2D eigenvalue weighted by molar-refractivity contribution is 7.15. The summed E-state index contributed by atoms with van der Waals surface area (Å²) in [6.45, 7) is 0.851. The van der Waals surface area contributed by atoms with Crippen molar-refractivity contribution in [2.45, 2.75) is 51.0 Å². The second-order valence-corrected chi connectivity index (χ2v) is 7.25. The predicted octanol–water partition coefficient (Wildman–Crippen LogP) is 3.63. The molecule has 0 saturated heterocycles. The minimum Gasteiger partial charge on any atom is -0.477 e. The fourth-order valence-corrected chi connectivity index (χ4v) is 3.88. The molecule has 1 heterocycles. The van der Waals surface area contributed by atoms with Gasteiger partial charge in [-0.25, -0.2) is 4.79 Å². The molecule has 0 atom stereocenters. The number of rotatable bonds is 5. The van der Waals surface area contributed by atoms with Gasteiger partial charge in [0.05, 0.1) is 4.88 Å². The van der Waals surface area contributed by atoms with Gasteiger partial charge in [-0.15, -0.1) is 11.3 Å². The first-order valence-corrected chi connectivity index (χ1v) is 8.61. The fourth-order valence-electron chi connectivity index (χ4n) is 3.08. The molecule has 4 nitrogen and oxygen atoms in total. The molecule has 2 aliphatic rings. The summed E-state index contributed by atoms with van der Waals surface area (Å²) in [6, 6.07) is 3.55. The lowest BCUT2D eigenvalue weighted by atomic mass is 9.94. The van der Waals surface area contributed by atoms with Gasteiger partial charge >= 0.3 is 5.97 Å². The van der Waals surface area contributed by atoms with Gasteiger partial charge in [0, 0.05) is 12.6 Å². The minimum atomic E-state index is -0.953. The molecule has 2 saturated carbocycles. The first-order valence-electron chi connectivity index (χ1n) is 7.79. The minimum absolute atomic E-state index is 0.0336. The zero-order valence-corrected chi connectivity index (χ0v) is 12.9. The van der Waals surface area contributed by atoms with Crippen molar-refractivity contribution in [2.24, 2.45) is 5.92 Å².